The molecule has 0 rings (SSSR count). The van der Waals surface area contributed by atoms with Gasteiger partial charge in [-0.1, -0.05) is 37.8 Å². The van der Waals surface area contributed by atoms with E-state index in [9.17, 15) is 29.7 Å². The van der Waals surface area contributed by atoms with Crippen molar-refractivity contribution in [2.45, 2.75) is 97.2 Å². The van der Waals surface area contributed by atoms with Crippen LogP contribution in [0.25, 0.3) is 0 Å². The smallest absolute Gasteiger partial charge is 0.362 e. The number of carboxylic acids is 3. The van der Waals surface area contributed by atoms with E-state index in [4.69, 9.17) is 0 Å². The van der Waals surface area contributed by atoms with Gasteiger partial charge in [0.2, 0.25) is 0 Å². The molecular weight excluding hydrogens is 362 g/mol. The molecule has 0 saturated carbocycles. The van der Waals surface area contributed by atoms with E-state index >= 15 is 0 Å². The van der Waals surface area contributed by atoms with Gasteiger partial charge in [-0.15, -0.1) is 0 Å². The van der Waals surface area contributed by atoms with Gasteiger partial charge in [-0.05, 0) is 53.4 Å². The minimum Gasteiger partial charge on any atom is -0.477 e. The highest BCUT2D eigenvalue weighted by atomic mass is 16.4. The van der Waals surface area contributed by atoms with Crippen LogP contribution in [0.1, 0.15) is 79.1 Å². The Kier molecular flexibility index (Phi) is 12.4. The molecule has 3 N–H and O–H groups in total. The first-order valence-electron chi connectivity index (χ1n) is 10.3. The Bertz CT molecular complexity index is 481. The van der Waals surface area contributed by atoms with Crippen molar-refractivity contribution in [3.05, 3.63) is 12.2 Å². The normalized spacial score (nSPS) is 17.0. The third kappa shape index (κ3) is 7.62. The number of aliphatic carboxylic acids is 3. The first kappa shape index (κ1) is 26.1. The average molecular weight is 401 g/mol. The molecule has 0 aliphatic heterocycles. The molecule has 162 valence electrons. The zero-order chi connectivity index (χ0) is 21.7. The Labute approximate surface area is 168 Å². The van der Waals surface area contributed by atoms with Crippen molar-refractivity contribution >= 4 is 17.9 Å². The molecular formula is C21H38NO6+. The molecule has 3 unspecified atom stereocenters. The number of nitrogens with zero attached hydrogens (tertiary/aromatic N) is 1. The average Bonchev–Trinajstić information content (AvgIpc) is 2.64. The van der Waals surface area contributed by atoms with Gasteiger partial charge in [0.15, 0.2) is 18.1 Å². The monoisotopic (exact) mass is 400 g/mol. The minimum absolute atomic E-state index is 0.218. The first-order chi connectivity index (χ1) is 13.1. The van der Waals surface area contributed by atoms with Gasteiger partial charge in [0.05, 0.1) is 6.54 Å². The quantitative estimate of drug-likeness (QED) is 0.206. The fourth-order valence-electron chi connectivity index (χ4n) is 3.90. The third-order valence-electron chi connectivity index (χ3n) is 5.89. The number of carbonyl (C=O) groups is 3. The summed E-state index contributed by atoms with van der Waals surface area (Å²) in [4.78, 5) is 35.0. The summed E-state index contributed by atoms with van der Waals surface area (Å²) in [5.74, 6) is -3.54. The molecule has 0 aromatic rings. The Hall–Kier alpha value is -1.89. The highest BCUT2D eigenvalue weighted by molar-refractivity contribution is 5.77. The Balaban J connectivity index is 4.92. The summed E-state index contributed by atoms with van der Waals surface area (Å²) in [6.45, 7) is 6.46. The first-order valence-corrected chi connectivity index (χ1v) is 10.3. The van der Waals surface area contributed by atoms with Crippen molar-refractivity contribution in [2.75, 3.05) is 6.54 Å². The van der Waals surface area contributed by atoms with E-state index in [0.717, 1.165) is 32.1 Å². The second-order valence-electron chi connectivity index (χ2n) is 7.59. The highest BCUT2D eigenvalue weighted by Gasteiger charge is 2.52. The van der Waals surface area contributed by atoms with E-state index in [-0.39, 0.29) is 6.54 Å². The molecule has 0 aromatic carbocycles. The van der Waals surface area contributed by atoms with Crippen LogP contribution in [0, 0.1) is 0 Å². The number of hydrogen-bond donors (Lipinski definition) is 3. The minimum atomic E-state index is -1.18. The maximum absolute atomic E-state index is 11.7. The van der Waals surface area contributed by atoms with E-state index < -0.39 is 40.5 Å². The molecule has 0 aliphatic carbocycles. The third-order valence-corrected chi connectivity index (χ3v) is 5.89. The van der Waals surface area contributed by atoms with Gasteiger partial charge in [-0.25, -0.2) is 14.4 Å². The maximum Gasteiger partial charge on any atom is 0.362 e. The summed E-state index contributed by atoms with van der Waals surface area (Å²) < 4.78 is -0.483. The molecule has 0 aliphatic rings. The van der Waals surface area contributed by atoms with Crippen LogP contribution in [-0.2, 0) is 14.4 Å². The van der Waals surface area contributed by atoms with Gasteiger partial charge < -0.3 is 15.3 Å². The van der Waals surface area contributed by atoms with Crippen LogP contribution in [0.2, 0.25) is 0 Å². The molecule has 0 saturated heterocycles. The Morgan fingerprint density at radius 1 is 0.714 bits per heavy atom. The summed E-state index contributed by atoms with van der Waals surface area (Å²) in [6, 6.07) is -3.36. The van der Waals surface area contributed by atoms with Crippen molar-refractivity contribution in [3.8, 4) is 0 Å². The summed E-state index contributed by atoms with van der Waals surface area (Å²) >= 11 is 0. The molecule has 28 heavy (non-hydrogen) atoms. The molecule has 7 heteroatoms. The summed E-state index contributed by atoms with van der Waals surface area (Å²) in [5.41, 5.74) is 0. The second-order valence-corrected chi connectivity index (χ2v) is 7.59. The van der Waals surface area contributed by atoms with Crippen molar-refractivity contribution in [1.29, 1.82) is 0 Å². The molecule has 0 fully saturated rings. The SMILES string of the molecule is C/C=C/CCCCCCCCC[N+](C(C)C(=O)O)(C(C)C(=O)O)C(C)C(=O)O. The predicted octanol–water partition coefficient (Wildman–Crippen LogP) is 3.92. The van der Waals surface area contributed by atoms with Gasteiger partial charge in [0, 0.05) is 0 Å². The summed E-state index contributed by atoms with van der Waals surface area (Å²) in [6.07, 6.45) is 12.3. The fraction of sp³-hybridized carbons (Fsp3) is 0.762. The topological polar surface area (TPSA) is 112 Å². The van der Waals surface area contributed by atoms with Crippen LogP contribution >= 0.6 is 0 Å². The standard InChI is InChI=1S/C21H37NO6/c1-5-6-7-8-9-10-11-12-13-14-15-22(16(2)19(23)24,17(3)20(25)26)18(4)21(27)28/h5-6,16-18H,7-15H2,1-4H3,(H2-,23,24,25,26,27,28)/p+1/b6-5+. The van der Waals surface area contributed by atoms with Crippen LogP contribution in [-0.4, -0.2) is 62.4 Å². The fourth-order valence-corrected chi connectivity index (χ4v) is 3.90. The van der Waals surface area contributed by atoms with Gasteiger partial charge in [0.1, 0.15) is 0 Å². The lowest BCUT2D eigenvalue weighted by molar-refractivity contribution is -0.968. The van der Waals surface area contributed by atoms with Gasteiger partial charge in [0.25, 0.3) is 0 Å². The van der Waals surface area contributed by atoms with E-state index in [1.165, 1.54) is 33.6 Å². The number of hydrogen-bond acceptors (Lipinski definition) is 3. The number of rotatable bonds is 16. The lowest BCUT2D eigenvalue weighted by Gasteiger charge is -2.47. The number of unbranched alkanes of at least 4 members (excludes halogenated alkanes) is 7. The summed E-state index contributed by atoms with van der Waals surface area (Å²) in [7, 11) is 0. The van der Waals surface area contributed by atoms with Gasteiger partial charge in [-0.2, -0.15) is 0 Å². The lowest BCUT2D eigenvalue weighted by atomic mass is 10.00. The van der Waals surface area contributed by atoms with Crippen LogP contribution in [0.4, 0.5) is 0 Å². The van der Waals surface area contributed by atoms with Gasteiger partial charge >= 0.3 is 17.9 Å². The number of quaternary nitrogens is 1. The molecule has 0 bridgehead atoms. The number of carboxylic acid groups (broad SMARTS) is 3. The zero-order valence-corrected chi connectivity index (χ0v) is 17.8. The molecule has 0 spiro atoms. The van der Waals surface area contributed by atoms with Crippen molar-refractivity contribution in [2.24, 2.45) is 0 Å². The molecule has 0 heterocycles. The van der Waals surface area contributed by atoms with Gasteiger partial charge in [-0.3, -0.25) is 4.48 Å². The lowest BCUT2D eigenvalue weighted by Crippen LogP contribution is -2.70. The Morgan fingerprint density at radius 2 is 1.07 bits per heavy atom. The highest BCUT2D eigenvalue weighted by Crippen LogP contribution is 2.27. The maximum atomic E-state index is 11.7. The van der Waals surface area contributed by atoms with Crippen molar-refractivity contribution < 1.29 is 34.2 Å². The largest absolute Gasteiger partial charge is 0.477 e. The molecule has 3 atom stereocenters. The van der Waals surface area contributed by atoms with Crippen LogP contribution in [0.5, 0.6) is 0 Å². The number of allylic oxidation sites excluding steroid dienone is 2. The van der Waals surface area contributed by atoms with Crippen LogP contribution in [0.3, 0.4) is 0 Å². The van der Waals surface area contributed by atoms with Crippen molar-refractivity contribution in [1.82, 2.24) is 0 Å². The van der Waals surface area contributed by atoms with E-state index in [1.54, 1.807) is 0 Å². The van der Waals surface area contributed by atoms with Crippen LogP contribution in [0.15, 0.2) is 12.2 Å². The molecule has 0 radical (unpaired) electrons. The van der Waals surface area contributed by atoms with E-state index in [1.807, 2.05) is 6.92 Å². The molecule has 7 nitrogen and oxygen atoms in total. The molecule has 0 amide bonds. The molecule has 0 aromatic heterocycles. The van der Waals surface area contributed by atoms with Crippen LogP contribution < -0.4 is 0 Å². The van der Waals surface area contributed by atoms with Crippen molar-refractivity contribution in [3.63, 3.8) is 0 Å². The predicted molar refractivity (Wildman–Crippen MR) is 108 cm³/mol. The Morgan fingerprint density at radius 3 is 1.43 bits per heavy atom. The second kappa shape index (κ2) is 13.3. The summed E-state index contributed by atoms with van der Waals surface area (Å²) in [5, 5.41) is 28.6. The zero-order valence-electron chi connectivity index (χ0n) is 17.8. The van der Waals surface area contributed by atoms with E-state index in [2.05, 4.69) is 12.2 Å². The van der Waals surface area contributed by atoms with E-state index in [0.29, 0.717) is 6.42 Å².